The van der Waals surface area contributed by atoms with Crippen molar-refractivity contribution < 1.29 is 9.59 Å². The summed E-state index contributed by atoms with van der Waals surface area (Å²) in [6, 6.07) is -0.280. The van der Waals surface area contributed by atoms with E-state index in [0.717, 1.165) is 4.90 Å². The summed E-state index contributed by atoms with van der Waals surface area (Å²) >= 11 is 4.11. The van der Waals surface area contributed by atoms with Gasteiger partial charge in [0.1, 0.15) is 0 Å². The fourth-order valence-electron chi connectivity index (χ4n) is 1.30. The van der Waals surface area contributed by atoms with E-state index in [1.54, 1.807) is 0 Å². The Labute approximate surface area is 83.3 Å². The second-order valence-electron chi connectivity index (χ2n) is 4.09. The predicted octanol–water partition coefficient (Wildman–Crippen LogP) is 0.935. The van der Waals surface area contributed by atoms with Gasteiger partial charge in [-0.1, -0.05) is 0 Å². The predicted molar refractivity (Wildman–Crippen MR) is 52.5 cm³/mol. The first-order chi connectivity index (χ1) is 5.76. The number of urea groups is 1. The number of hydrogen-bond donors (Lipinski definition) is 1. The van der Waals surface area contributed by atoms with Crippen molar-refractivity contribution in [2.45, 2.75) is 31.7 Å². The quantitative estimate of drug-likeness (QED) is 0.469. The second kappa shape index (κ2) is 2.90. The summed E-state index contributed by atoms with van der Waals surface area (Å²) in [5, 5.41) is -0.641. The van der Waals surface area contributed by atoms with Gasteiger partial charge >= 0.3 is 6.03 Å². The minimum absolute atomic E-state index is 0.261. The number of thiol groups is 1. The van der Waals surface area contributed by atoms with Crippen molar-refractivity contribution in [3.8, 4) is 0 Å². The molecule has 0 bridgehead atoms. The van der Waals surface area contributed by atoms with Crippen LogP contribution >= 0.6 is 12.6 Å². The summed E-state index contributed by atoms with van der Waals surface area (Å²) in [6.45, 7) is 5.63. The van der Waals surface area contributed by atoms with Gasteiger partial charge in [0.05, 0.1) is 0 Å². The van der Waals surface area contributed by atoms with Crippen LogP contribution in [0.1, 0.15) is 20.8 Å². The van der Waals surface area contributed by atoms with E-state index in [1.807, 2.05) is 20.8 Å². The minimum atomic E-state index is -0.641. The number of imide groups is 1. The molecule has 0 N–H and O–H groups in total. The Morgan fingerprint density at radius 2 is 1.77 bits per heavy atom. The molecule has 13 heavy (non-hydrogen) atoms. The molecule has 0 aliphatic carbocycles. The largest absolute Gasteiger partial charge is 0.328 e. The Bertz CT molecular complexity index is 259. The van der Waals surface area contributed by atoms with Crippen LogP contribution in [0.5, 0.6) is 0 Å². The lowest BCUT2D eigenvalue weighted by molar-refractivity contribution is -0.125. The SMILES string of the molecule is CN1C(=O)C(S)N(C(C)(C)C)C1=O. The van der Waals surface area contributed by atoms with Crippen LogP contribution in [0.2, 0.25) is 0 Å². The van der Waals surface area contributed by atoms with E-state index in [4.69, 9.17) is 0 Å². The zero-order valence-electron chi connectivity index (χ0n) is 8.24. The van der Waals surface area contributed by atoms with Gasteiger partial charge in [-0.05, 0) is 20.8 Å². The third-order valence-electron chi connectivity index (χ3n) is 2.01. The Morgan fingerprint density at radius 3 is 1.92 bits per heavy atom. The van der Waals surface area contributed by atoms with Crippen molar-refractivity contribution in [3.05, 3.63) is 0 Å². The molecule has 1 rings (SSSR count). The summed E-state index contributed by atoms with van der Waals surface area (Å²) in [4.78, 5) is 25.5. The summed E-state index contributed by atoms with van der Waals surface area (Å²) in [6.07, 6.45) is 0. The van der Waals surface area contributed by atoms with Crippen molar-refractivity contribution in [1.29, 1.82) is 0 Å². The highest BCUT2D eigenvalue weighted by atomic mass is 32.1. The van der Waals surface area contributed by atoms with Gasteiger partial charge in [-0.2, -0.15) is 0 Å². The van der Waals surface area contributed by atoms with Gasteiger partial charge in [-0.3, -0.25) is 14.6 Å². The number of carbonyl (C=O) groups is 2. The molecule has 0 aromatic rings. The first kappa shape index (κ1) is 10.4. The summed E-state index contributed by atoms with van der Waals surface area (Å²) in [5.74, 6) is -0.261. The lowest BCUT2D eigenvalue weighted by atomic mass is 10.1. The molecule has 0 spiro atoms. The van der Waals surface area contributed by atoms with Crippen LogP contribution in [-0.4, -0.2) is 39.7 Å². The minimum Gasteiger partial charge on any atom is -0.299 e. The van der Waals surface area contributed by atoms with E-state index < -0.39 is 5.37 Å². The third kappa shape index (κ3) is 1.52. The summed E-state index contributed by atoms with van der Waals surface area (Å²) in [7, 11) is 1.47. The van der Waals surface area contributed by atoms with Crippen molar-refractivity contribution in [3.63, 3.8) is 0 Å². The van der Waals surface area contributed by atoms with E-state index in [0.29, 0.717) is 0 Å². The smallest absolute Gasteiger partial charge is 0.299 e. The van der Waals surface area contributed by atoms with Gasteiger partial charge in [-0.25, -0.2) is 4.79 Å². The number of hydrogen-bond acceptors (Lipinski definition) is 3. The Hall–Kier alpha value is -0.710. The van der Waals surface area contributed by atoms with Gasteiger partial charge in [0.25, 0.3) is 5.91 Å². The van der Waals surface area contributed by atoms with Crippen LogP contribution in [-0.2, 0) is 4.79 Å². The first-order valence-electron chi connectivity index (χ1n) is 4.05. The van der Waals surface area contributed by atoms with Crippen molar-refractivity contribution in [2.75, 3.05) is 7.05 Å². The molecule has 1 heterocycles. The number of nitrogens with zero attached hydrogens (tertiary/aromatic N) is 2. The molecule has 0 aromatic carbocycles. The van der Waals surface area contributed by atoms with E-state index in [9.17, 15) is 9.59 Å². The van der Waals surface area contributed by atoms with Crippen LogP contribution in [0.25, 0.3) is 0 Å². The fraction of sp³-hybridized carbons (Fsp3) is 0.750. The maximum atomic E-state index is 11.6. The third-order valence-corrected chi connectivity index (χ3v) is 2.46. The summed E-state index contributed by atoms with van der Waals surface area (Å²) in [5.41, 5.74) is -0.371. The first-order valence-corrected chi connectivity index (χ1v) is 4.57. The molecular formula is C8H14N2O2S. The van der Waals surface area contributed by atoms with Gasteiger partial charge < -0.3 is 0 Å². The zero-order chi connectivity index (χ0) is 10.4. The lowest BCUT2D eigenvalue weighted by Gasteiger charge is -2.32. The molecule has 5 heteroatoms. The van der Waals surface area contributed by atoms with Crippen LogP contribution in [0.3, 0.4) is 0 Å². The normalized spacial score (nSPS) is 24.5. The molecule has 3 amide bonds. The van der Waals surface area contributed by atoms with E-state index >= 15 is 0 Å². The maximum Gasteiger partial charge on any atom is 0.328 e. The molecule has 1 atom stereocenters. The molecule has 1 saturated heterocycles. The molecule has 0 saturated carbocycles. The lowest BCUT2D eigenvalue weighted by Crippen LogP contribution is -2.46. The Morgan fingerprint density at radius 1 is 1.31 bits per heavy atom. The van der Waals surface area contributed by atoms with Crippen LogP contribution in [0.4, 0.5) is 4.79 Å². The number of carbonyl (C=O) groups excluding carboxylic acids is 2. The topological polar surface area (TPSA) is 40.6 Å². The van der Waals surface area contributed by atoms with Crippen molar-refractivity contribution in [2.24, 2.45) is 0 Å². The van der Waals surface area contributed by atoms with Crippen molar-refractivity contribution >= 4 is 24.6 Å². The maximum absolute atomic E-state index is 11.6. The zero-order valence-corrected chi connectivity index (χ0v) is 9.13. The highest BCUT2D eigenvalue weighted by Gasteiger charge is 2.45. The van der Waals surface area contributed by atoms with Crippen molar-refractivity contribution in [1.82, 2.24) is 9.80 Å². The van der Waals surface area contributed by atoms with E-state index in [1.165, 1.54) is 11.9 Å². The summed E-state index contributed by atoms with van der Waals surface area (Å²) < 4.78 is 0. The standard InChI is InChI=1S/C8H14N2O2S/c1-8(2,3)10-6(13)5(11)9(4)7(10)12/h6,13H,1-4H3. The molecule has 4 nitrogen and oxygen atoms in total. The molecule has 1 fully saturated rings. The van der Waals surface area contributed by atoms with E-state index in [2.05, 4.69) is 12.6 Å². The Balaban J connectivity index is 3.01. The van der Waals surface area contributed by atoms with Gasteiger partial charge in [0.2, 0.25) is 0 Å². The van der Waals surface area contributed by atoms with Gasteiger partial charge in [0, 0.05) is 12.6 Å². The molecule has 0 radical (unpaired) electrons. The number of rotatable bonds is 0. The van der Waals surface area contributed by atoms with Gasteiger partial charge in [-0.15, -0.1) is 12.6 Å². The molecule has 74 valence electrons. The second-order valence-corrected chi connectivity index (χ2v) is 4.58. The molecule has 0 aromatic heterocycles. The van der Waals surface area contributed by atoms with Gasteiger partial charge in [0.15, 0.2) is 5.37 Å². The number of likely N-dealkylation sites (N-methyl/N-ethyl adjacent to an activating group) is 1. The average Bonchev–Trinajstić information content (AvgIpc) is 2.14. The highest BCUT2D eigenvalue weighted by molar-refractivity contribution is 7.81. The monoisotopic (exact) mass is 202 g/mol. The van der Waals surface area contributed by atoms with Crippen LogP contribution in [0.15, 0.2) is 0 Å². The highest BCUT2D eigenvalue weighted by Crippen LogP contribution is 2.27. The molecule has 1 aliphatic rings. The molecular weight excluding hydrogens is 188 g/mol. The molecule has 1 aliphatic heterocycles. The Kier molecular flexibility index (Phi) is 2.32. The molecule has 1 unspecified atom stereocenters. The fourth-order valence-corrected chi connectivity index (χ4v) is 1.92. The van der Waals surface area contributed by atoms with E-state index in [-0.39, 0.29) is 17.5 Å². The van der Waals surface area contributed by atoms with Crippen LogP contribution in [0, 0.1) is 0 Å². The average molecular weight is 202 g/mol. The number of amides is 3. The van der Waals surface area contributed by atoms with Crippen LogP contribution < -0.4 is 0 Å².